The molecule has 0 atom stereocenters. The molecule has 1 aliphatic heterocycles. The maximum atomic E-state index is 13.2. The van der Waals surface area contributed by atoms with Gasteiger partial charge in [-0.3, -0.25) is 9.69 Å². The number of aliphatic imine (C=N–C) groups is 1. The first-order valence-corrected chi connectivity index (χ1v) is 12.8. The number of carbonyl (C=O) groups is 1. The third-order valence-electron chi connectivity index (χ3n) is 5.14. The average Bonchev–Trinajstić information content (AvgIpc) is 3.15. The van der Waals surface area contributed by atoms with Crippen molar-refractivity contribution in [3.05, 3.63) is 93.1 Å². The second-order valence-corrected chi connectivity index (χ2v) is 9.42. The predicted molar refractivity (Wildman–Crippen MR) is 143 cm³/mol. The summed E-state index contributed by atoms with van der Waals surface area (Å²) < 4.78 is 25.9. The van der Waals surface area contributed by atoms with Crippen LogP contribution in [0.5, 0.6) is 11.5 Å². The monoisotopic (exact) mass is 554 g/mol. The van der Waals surface area contributed by atoms with Crippen LogP contribution in [0.2, 0.25) is 0 Å². The largest absolute Gasteiger partial charge is 0.490 e. The third-order valence-corrected chi connectivity index (χ3v) is 6.84. The van der Waals surface area contributed by atoms with Crippen molar-refractivity contribution in [2.75, 3.05) is 13.2 Å². The van der Waals surface area contributed by atoms with Gasteiger partial charge >= 0.3 is 0 Å². The van der Waals surface area contributed by atoms with Gasteiger partial charge in [0.2, 0.25) is 0 Å². The number of nitrogens with zero attached hydrogens (tertiary/aromatic N) is 2. The van der Waals surface area contributed by atoms with E-state index < -0.39 is 0 Å². The Morgan fingerprint density at radius 3 is 2.43 bits per heavy atom. The summed E-state index contributed by atoms with van der Waals surface area (Å²) in [6, 6.07) is 19.5. The number of ether oxygens (including phenoxy) is 2. The maximum Gasteiger partial charge on any atom is 0.266 e. The zero-order valence-electron chi connectivity index (χ0n) is 19.3. The summed E-state index contributed by atoms with van der Waals surface area (Å²) in [5.74, 6) is 0.751. The van der Waals surface area contributed by atoms with Crippen LogP contribution in [0.4, 0.5) is 10.1 Å². The molecule has 1 saturated heterocycles. The summed E-state index contributed by atoms with van der Waals surface area (Å²) in [4.78, 5) is 19.8. The van der Waals surface area contributed by atoms with Crippen LogP contribution in [0, 0.1) is 5.82 Å². The van der Waals surface area contributed by atoms with Crippen molar-refractivity contribution in [3.8, 4) is 11.5 Å². The smallest absolute Gasteiger partial charge is 0.266 e. The fraction of sp³-hybridized carbons (Fsp3) is 0.185. The summed E-state index contributed by atoms with van der Waals surface area (Å²) in [5, 5.41) is 0.555. The van der Waals surface area contributed by atoms with Gasteiger partial charge in [-0.1, -0.05) is 46.3 Å². The molecule has 1 fully saturated rings. The minimum Gasteiger partial charge on any atom is -0.490 e. The van der Waals surface area contributed by atoms with E-state index in [0.717, 1.165) is 15.6 Å². The number of hydrogen-bond acceptors (Lipinski definition) is 5. The lowest BCUT2D eigenvalue weighted by Crippen LogP contribution is -2.28. The Balaban J connectivity index is 1.61. The molecule has 1 aliphatic rings. The predicted octanol–water partition coefficient (Wildman–Crippen LogP) is 7.19. The number of rotatable bonds is 8. The molecule has 180 valence electrons. The maximum absolute atomic E-state index is 13.2. The van der Waals surface area contributed by atoms with Crippen molar-refractivity contribution >= 4 is 50.5 Å². The van der Waals surface area contributed by atoms with E-state index in [4.69, 9.17) is 9.47 Å². The number of halogens is 2. The van der Waals surface area contributed by atoms with Gasteiger partial charge in [0, 0.05) is 11.0 Å². The summed E-state index contributed by atoms with van der Waals surface area (Å²) >= 11 is 4.90. The van der Waals surface area contributed by atoms with Crippen LogP contribution >= 0.6 is 27.7 Å². The molecule has 1 heterocycles. The van der Waals surface area contributed by atoms with Crippen LogP contribution < -0.4 is 9.47 Å². The highest BCUT2D eigenvalue weighted by Crippen LogP contribution is 2.39. The van der Waals surface area contributed by atoms with E-state index in [2.05, 4.69) is 20.9 Å². The summed E-state index contributed by atoms with van der Waals surface area (Å²) in [6.07, 6.45) is 1.82. The molecule has 0 saturated carbocycles. The van der Waals surface area contributed by atoms with Gasteiger partial charge in [-0.05, 0) is 79.2 Å². The highest BCUT2D eigenvalue weighted by molar-refractivity contribution is 9.10. The topological polar surface area (TPSA) is 51.1 Å². The van der Waals surface area contributed by atoms with E-state index in [0.29, 0.717) is 47.0 Å². The molecule has 1 amide bonds. The van der Waals surface area contributed by atoms with Crippen LogP contribution in [0.3, 0.4) is 0 Å². The lowest BCUT2D eigenvalue weighted by molar-refractivity contribution is -0.122. The van der Waals surface area contributed by atoms with E-state index >= 15 is 0 Å². The van der Waals surface area contributed by atoms with Gasteiger partial charge in [0.15, 0.2) is 16.7 Å². The number of thioether (sulfide) groups is 1. The third kappa shape index (κ3) is 6.13. The second-order valence-electron chi connectivity index (χ2n) is 7.56. The molecule has 0 aliphatic carbocycles. The SMILES string of the molecule is CCOc1cc(/C=C2/SC(=Nc3ccc(F)cc3)N(CC)C2=O)c(Br)cc1OCc1ccccc1. The number of benzene rings is 3. The average molecular weight is 555 g/mol. The minimum absolute atomic E-state index is 0.132. The Bertz CT molecular complexity index is 1260. The Hall–Kier alpha value is -3.10. The molecule has 3 aromatic carbocycles. The lowest BCUT2D eigenvalue weighted by Gasteiger charge is -2.14. The van der Waals surface area contributed by atoms with Crippen LogP contribution in [0.1, 0.15) is 25.0 Å². The van der Waals surface area contributed by atoms with Crippen molar-refractivity contribution in [1.29, 1.82) is 0 Å². The first-order valence-electron chi connectivity index (χ1n) is 11.2. The van der Waals surface area contributed by atoms with Crippen molar-refractivity contribution in [2.45, 2.75) is 20.5 Å². The summed E-state index contributed by atoms with van der Waals surface area (Å²) in [5.41, 5.74) is 2.43. The molecule has 0 bridgehead atoms. The Kier molecular flexibility index (Phi) is 8.25. The van der Waals surface area contributed by atoms with Gasteiger partial charge in [0.05, 0.1) is 17.2 Å². The molecule has 8 heteroatoms. The molecular weight excluding hydrogens is 531 g/mol. The van der Waals surface area contributed by atoms with E-state index in [1.165, 1.54) is 23.9 Å². The van der Waals surface area contributed by atoms with Gasteiger partial charge in [-0.2, -0.15) is 0 Å². The van der Waals surface area contributed by atoms with E-state index in [9.17, 15) is 9.18 Å². The molecule has 5 nitrogen and oxygen atoms in total. The molecule has 3 aromatic rings. The number of carbonyl (C=O) groups excluding carboxylic acids is 1. The number of amidine groups is 1. The Morgan fingerprint density at radius 1 is 1.03 bits per heavy atom. The standard InChI is InChI=1S/C27H24BrFN2O3S/c1-3-31-26(32)25(35-27(31)30-21-12-10-20(29)11-13-21)15-19-14-23(33-4-2)24(16-22(19)28)34-17-18-8-6-5-7-9-18/h5-16H,3-4,17H2,1-2H3/b25-15+,30-27?. The Morgan fingerprint density at radius 2 is 1.74 bits per heavy atom. The van der Waals surface area contributed by atoms with Gasteiger partial charge in [-0.15, -0.1) is 0 Å². The number of amides is 1. The first kappa shape index (κ1) is 25.0. The molecule has 0 spiro atoms. The van der Waals surface area contributed by atoms with Gasteiger partial charge in [-0.25, -0.2) is 9.38 Å². The summed E-state index contributed by atoms with van der Waals surface area (Å²) in [7, 11) is 0. The zero-order valence-corrected chi connectivity index (χ0v) is 21.7. The van der Waals surface area contributed by atoms with E-state index in [1.54, 1.807) is 17.0 Å². The zero-order chi connectivity index (χ0) is 24.8. The normalized spacial score (nSPS) is 15.8. The van der Waals surface area contributed by atoms with Crippen molar-refractivity contribution in [2.24, 2.45) is 4.99 Å². The van der Waals surface area contributed by atoms with Gasteiger partial charge in [0.1, 0.15) is 12.4 Å². The second kappa shape index (κ2) is 11.6. The minimum atomic E-state index is -0.330. The molecule has 35 heavy (non-hydrogen) atoms. The quantitative estimate of drug-likeness (QED) is 0.276. The molecule has 4 rings (SSSR count). The molecule has 0 radical (unpaired) electrons. The first-order chi connectivity index (χ1) is 17.0. The van der Waals surface area contributed by atoms with E-state index in [1.807, 2.05) is 62.4 Å². The number of likely N-dealkylation sites (N-methyl/N-ethyl adjacent to an activating group) is 1. The van der Waals surface area contributed by atoms with Gasteiger partial charge in [0.25, 0.3) is 5.91 Å². The van der Waals surface area contributed by atoms with Crippen LogP contribution in [0.25, 0.3) is 6.08 Å². The summed E-state index contributed by atoms with van der Waals surface area (Å²) in [6.45, 7) is 5.17. The van der Waals surface area contributed by atoms with Crippen LogP contribution in [0.15, 0.2) is 81.1 Å². The van der Waals surface area contributed by atoms with Gasteiger partial charge < -0.3 is 9.47 Å². The highest BCUT2D eigenvalue weighted by atomic mass is 79.9. The number of hydrogen-bond donors (Lipinski definition) is 0. The molecule has 0 unspecified atom stereocenters. The van der Waals surface area contributed by atoms with Crippen LogP contribution in [-0.4, -0.2) is 29.1 Å². The van der Waals surface area contributed by atoms with Crippen molar-refractivity contribution in [3.63, 3.8) is 0 Å². The molecular formula is C27H24BrFN2O3S. The highest BCUT2D eigenvalue weighted by Gasteiger charge is 2.32. The van der Waals surface area contributed by atoms with E-state index in [-0.39, 0.29) is 11.7 Å². The lowest BCUT2D eigenvalue weighted by atomic mass is 10.1. The van der Waals surface area contributed by atoms with Crippen LogP contribution in [-0.2, 0) is 11.4 Å². The fourth-order valence-corrected chi connectivity index (χ4v) is 4.91. The fourth-order valence-electron chi connectivity index (χ4n) is 3.42. The van der Waals surface area contributed by atoms with Crippen molar-refractivity contribution < 1.29 is 18.7 Å². The Labute approximate surface area is 216 Å². The van der Waals surface area contributed by atoms with Crippen molar-refractivity contribution in [1.82, 2.24) is 4.90 Å². The molecule has 0 aromatic heterocycles. The molecule has 0 N–H and O–H groups in total.